The monoisotopic (exact) mass is 142 g/mol. The Kier molecular flexibility index (Phi) is 2.70. The first-order chi connectivity index (χ1) is 3.50. The molecule has 1 nitrogen and oxygen atoms in total. The predicted octanol–water partition coefficient (Wildman–Crippen LogP) is 0.932. The van der Waals surface area contributed by atoms with E-state index in [-0.39, 0.29) is 0 Å². The minimum atomic E-state index is -3.04. The molecule has 0 aromatic heterocycles. The van der Waals surface area contributed by atoms with Gasteiger partial charge in [-0.05, 0) is 6.92 Å². The molecule has 0 aliphatic heterocycles. The SMILES string of the molecule is CC(S)C(F)(F)CO. The first-order valence-electron chi connectivity index (χ1n) is 2.17. The molecule has 50 valence electrons. The highest BCUT2D eigenvalue weighted by Crippen LogP contribution is 2.20. The lowest BCUT2D eigenvalue weighted by Gasteiger charge is -2.15. The summed E-state index contributed by atoms with van der Waals surface area (Å²) in [4.78, 5) is 0. The Morgan fingerprint density at radius 2 is 2.12 bits per heavy atom. The zero-order chi connectivity index (χ0) is 6.78. The van der Waals surface area contributed by atoms with Crippen LogP contribution in [0, 0.1) is 0 Å². The maximum Gasteiger partial charge on any atom is 0.281 e. The molecule has 1 N–H and O–H groups in total. The summed E-state index contributed by atoms with van der Waals surface area (Å²) < 4.78 is 23.9. The van der Waals surface area contributed by atoms with Crippen LogP contribution in [0.15, 0.2) is 0 Å². The van der Waals surface area contributed by atoms with Crippen molar-refractivity contribution in [3.8, 4) is 0 Å². The second-order valence-electron chi connectivity index (χ2n) is 1.60. The summed E-state index contributed by atoms with van der Waals surface area (Å²) in [6, 6.07) is 0. The van der Waals surface area contributed by atoms with Gasteiger partial charge in [-0.25, -0.2) is 8.78 Å². The Hall–Kier alpha value is 0.170. The fourth-order valence-corrected chi connectivity index (χ4v) is 0.214. The molecule has 8 heavy (non-hydrogen) atoms. The number of hydrogen-bond donors (Lipinski definition) is 2. The van der Waals surface area contributed by atoms with E-state index in [0.29, 0.717) is 0 Å². The van der Waals surface area contributed by atoms with Gasteiger partial charge in [-0.3, -0.25) is 0 Å². The number of alkyl halides is 2. The second kappa shape index (κ2) is 2.64. The third kappa shape index (κ3) is 1.96. The number of aliphatic hydroxyl groups is 1. The molecule has 0 spiro atoms. The Morgan fingerprint density at radius 3 is 2.12 bits per heavy atom. The Morgan fingerprint density at radius 1 is 1.75 bits per heavy atom. The molecule has 4 heteroatoms. The average molecular weight is 142 g/mol. The zero-order valence-electron chi connectivity index (χ0n) is 4.43. The third-order valence-electron chi connectivity index (χ3n) is 0.822. The van der Waals surface area contributed by atoms with Crippen LogP contribution in [0.4, 0.5) is 8.78 Å². The quantitative estimate of drug-likeness (QED) is 0.549. The molecule has 0 heterocycles. The van der Waals surface area contributed by atoms with E-state index in [1.54, 1.807) is 0 Å². The summed E-state index contributed by atoms with van der Waals surface area (Å²) in [7, 11) is 0. The lowest BCUT2D eigenvalue weighted by Crippen LogP contribution is -2.30. The van der Waals surface area contributed by atoms with E-state index < -0.39 is 17.8 Å². The molecule has 0 aliphatic carbocycles. The highest BCUT2D eigenvalue weighted by atomic mass is 32.1. The van der Waals surface area contributed by atoms with Crippen molar-refractivity contribution in [3.05, 3.63) is 0 Å². The van der Waals surface area contributed by atoms with Crippen molar-refractivity contribution in [2.75, 3.05) is 6.61 Å². The standard InChI is InChI=1S/C4H8F2OS/c1-3(8)4(5,6)2-7/h3,7-8H,2H2,1H3. The van der Waals surface area contributed by atoms with E-state index in [9.17, 15) is 8.78 Å². The highest BCUT2D eigenvalue weighted by molar-refractivity contribution is 7.81. The van der Waals surface area contributed by atoms with Crippen LogP contribution in [0.5, 0.6) is 0 Å². The third-order valence-corrected chi connectivity index (χ3v) is 1.20. The zero-order valence-corrected chi connectivity index (χ0v) is 5.33. The lowest BCUT2D eigenvalue weighted by molar-refractivity contribution is -0.0467. The molecule has 1 unspecified atom stereocenters. The number of hydrogen-bond acceptors (Lipinski definition) is 2. The maximum atomic E-state index is 11.9. The molecule has 0 aromatic carbocycles. The number of aliphatic hydroxyl groups excluding tert-OH is 1. The molecule has 0 bridgehead atoms. The fraction of sp³-hybridized carbons (Fsp3) is 1.00. The number of halogens is 2. The van der Waals surface area contributed by atoms with Gasteiger partial charge in [0.15, 0.2) is 0 Å². The molecular formula is C4H8F2OS. The van der Waals surface area contributed by atoms with Gasteiger partial charge in [-0.15, -0.1) is 0 Å². The summed E-state index contributed by atoms with van der Waals surface area (Å²) in [6.07, 6.45) is 0. The molecule has 0 amide bonds. The minimum Gasteiger partial charge on any atom is -0.390 e. The van der Waals surface area contributed by atoms with Gasteiger partial charge in [0.1, 0.15) is 6.61 Å². The van der Waals surface area contributed by atoms with Crippen molar-refractivity contribution in [1.82, 2.24) is 0 Å². The number of rotatable bonds is 2. The predicted molar refractivity (Wildman–Crippen MR) is 30.5 cm³/mol. The molecular weight excluding hydrogens is 134 g/mol. The van der Waals surface area contributed by atoms with E-state index in [4.69, 9.17) is 5.11 Å². The Labute approximate surface area is 52.1 Å². The van der Waals surface area contributed by atoms with Gasteiger partial charge in [-0.1, -0.05) is 0 Å². The van der Waals surface area contributed by atoms with Crippen LogP contribution in [0.25, 0.3) is 0 Å². The summed E-state index contributed by atoms with van der Waals surface area (Å²) in [5.41, 5.74) is 0. The fourth-order valence-electron chi connectivity index (χ4n) is 0.132. The molecule has 0 saturated heterocycles. The van der Waals surface area contributed by atoms with E-state index in [1.807, 2.05) is 0 Å². The van der Waals surface area contributed by atoms with Crippen molar-refractivity contribution in [2.45, 2.75) is 18.1 Å². The van der Waals surface area contributed by atoms with Crippen LogP contribution < -0.4 is 0 Å². The van der Waals surface area contributed by atoms with Crippen LogP contribution in [-0.2, 0) is 0 Å². The van der Waals surface area contributed by atoms with Crippen molar-refractivity contribution in [2.24, 2.45) is 0 Å². The van der Waals surface area contributed by atoms with Crippen LogP contribution in [0.1, 0.15) is 6.92 Å². The normalized spacial score (nSPS) is 16.1. The lowest BCUT2D eigenvalue weighted by atomic mass is 10.3. The largest absolute Gasteiger partial charge is 0.390 e. The van der Waals surface area contributed by atoms with Crippen LogP contribution in [0.2, 0.25) is 0 Å². The molecule has 0 aromatic rings. The summed E-state index contributed by atoms with van der Waals surface area (Å²) in [5.74, 6) is -3.04. The summed E-state index contributed by atoms with van der Waals surface area (Å²) >= 11 is 3.45. The van der Waals surface area contributed by atoms with Gasteiger partial charge in [-0.2, -0.15) is 12.6 Å². The first kappa shape index (κ1) is 8.17. The van der Waals surface area contributed by atoms with Gasteiger partial charge in [0, 0.05) is 0 Å². The van der Waals surface area contributed by atoms with Gasteiger partial charge in [0.25, 0.3) is 5.92 Å². The van der Waals surface area contributed by atoms with Gasteiger partial charge in [0.05, 0.1) is 5.25 Å². The minimum absolute atomic E-state index is 1.08. The van der Waals surface area contributed by atoms with Crippen LogP contribution in [-0.4, -0.2) is 22.9 Å². The van der Waals surface area contributed by atoms with E-state index >= 15 is 0 Å². The van der Waals surface area contributed by atoms with Gasteiger partial charge < -0.3 is 5.11 Å². The van der Waals surface area contributed by atoms with Crippen molar-refractivity contribution in [1.29, 1.82) is 0 Å². The summed E-state index contributed by atoms with van der Waals surface area (Å²) in [6.45, 7) is 0.108. The van der Waals surface area contributed by atoms with E-state index in [2.05, 4.69) is 12.6 Å². The molecule has 0 fully saturated rings. The molecule has 0 radical (unpaired) electrons. The first-order valence-corrected chi connectivity index (χ1v) is 2.69. The summed E-state index contributed by atoms with van der Waals surface area (Å²) in [5, 5.41) is 6.89. The molecule has 0 saturated carbocycles. The van der Waals surface area contributed by atoms with Crippen molar-refractivity contribution >= 4 is 12.6 Å². The Bertz CT molecular complexity index is 74.4. The van der Waals surface area contributed by atoms with Gasteiger partial charge >= 0.3 is 0 Å². The van der Waals surface area contributed by atoms with Crippen LogP contribution in [0.3, 0.4) is 0 Å². The van der Waals surface area contributed by atoms with E-state index in [0.717, 1.165) is 0 Å². The average Bonchev–Trinajstić information content (AvgIpc) is 1.67. The van der Waals surface area contributed by atoms with Crippen LogP contribution >= 0.6 is 12.6 Å². The van der Waals surface area contributed by atoms with E-state index in [1.165, 1.54) is 6.92 Å². The topological polar surface area (TPSA) is 20.2 Å². The van der Waals surface area contributed by atoms with Gasteiger partial charge in [0.2, 0.25) is 0 Å². The molecule has 0 aliphatic rings. The number of thiol groups is 1. The Balaban J connectivity index is 3.71. The molecule has 1 atom stereocenters. The maximum absolute atomic E-state index is 11.9. The smallest absolute Gasteiger partial charge is 0.281 e. The van der Waals surface area contributed by atoms with Crippen molar-refractivity contribution in [3.63, 3.8) is 0 Å². The highest BCUT2D eigenvalue weighted by Gasteiger charge is 2.32. The molecule has 0 rings (SSSR count). The second-order valence-corrected chi connectivity index (χ2v) is 2.37. The van der Waals surface area contributed by atoms with Crippen molar-refractivity contribution < 1.29 is 13.9 Å².